The van der Waals surface area contributed by atoms with Gasteiger partial charge in [-0.1, -0.05) is 6.92 Å². The number of piperidine rings is 2. The van der Waals surface area contributed by atoms with E-state index < -0.39 is 0 Å². The highest BCUT2D eigenvalue weighted by Gasteiger charge is 2.42. The van der Waals surface area contributed by atoms with Gasteiger partial charge in [-0.2, -0.15) is 0 Å². The second kappa shape index (κ2) is 7.97. The summed E-state index contributed by atoms with van der Waals surface area (Å²) in [5.41, 5.74) is 0.918. The van der Waals surface area contributed by atoms with Crippen molar-refractivity contribution in [1.82, 2.24) is 19.8 Å². The molecule has 2 aliphatic heterocycles. The normalized spacial score (nSPS) is 29.3. The van der Waals surface area contributed by atoms with Gasteiger partial charge in [-0.25, -0.2) is 4.98 Å². The second-order valence-electron chi connectivity index (χ2n) is 9.40. The highest BCUT2D eigenvalue weighted by molar-refractivity contribution is 5.81. The summed E-state index contributed by atoms with van der Waals surface area (Å²) in [5, 5.41) is 0. The lowest BCUT2D eigenvalue weighted by molar-refractivity contribution is -0.133. The van der Waals surface area contributed by atoms with Crippen LogP contribution in [0, 0.1) is 11.8 Å². The fraction of sp³-hybridized carbons (Fsp3) is 0.773. The number of rotatable bonds is 4. The van der Waals surface area contributed by atoms with Crippen molar-refractivity contribution in [3.63, 3.8) is 0 Å². The molecule has 1 aromatic rings. The van der Waals surface area contributed by atoms with E-state index in [1.807, 2.05) is 4.90 Å². The minimum absolute atomic E-state index is 0.0352. The summed E-state index contributed by atoms with van der Waals surface area (Å²) in [7, 11) is 0. The van der Waals surface area contributed by atoms with Crippen LogP contribution in [0.25, 0.3) is 0 Å². The van der Waals surface area contributed by atoms with Crippen molar-refractivity contribution < 1.29 is 4.79 Å². The van der Waals surface area contributed by atoms with E-state index in [0.29, 0.717) is 23.8 Å². The molecule has 3 aliphatic rings. The Morgan fingerprint density at radius 1 is 1.18 bits per heavy atom. The highest BCUT2D eigenvalue weighted by atomic mass is 16.2. The standard InChI is InChI=1S/C22H34N4O2/c1-14(2)26-8-4-5-17(13-26)19-12-20(27)24-21(23-19)16-6-9-25(10-7-16)22(28)18-11-15(18)3/h12,14-18H,4-11,13H2,1-3H3,(H,23,24,27)/t15-,17+,18+/m0/s1. The van der Waals surface area contributed by atoms with Crippen LogP contribution in [-0.4, -0.2) is 57.9 Å². The molecule has 2 saturated heterocycles. The molecule has 1 aliphatic carbocycles. The van der Waals surface area contributed by atoms with E-state index >= 15 is 0 Å². The van der Waals surface area contributed by atoms with Crippen molar-refractivity contribution in [1.29, 1.82) is 0 Å². The molecule has 4 rings (SSSR count). The Kier molecular flexibility index (Phi) is 5.59. The number of hydrogen-bond donors (Lipinski definition) is 1. The van der Waals surface area contributed by atoms with Crippen LogP contribution in [0.5, 0.6) is 0 Å². The van der Waals surface area contributed by atoms with Crippen LogP contribution in [0.15, 0.2) is 10.9 Å². The predicted molar refractivity (Wildman–Crippen MR) is 109 cm³/mol. The van der Waals surface area contributed by atoms with E-state index in [2.05, 4.69) is 30.7 Å². The fourth-order valence-corrected chi connectivity index (χ4v) is 4.89. The lowest BCUT2D eigenvalue weighted by Gasteiger charge is -2.35. The monoisotopic (exact) mass is 386 g/mol. The van der Waals surface area contributed by atoms with Crippen molar-refractivity contribution in [2.45, 2.75) is 70.8 Å². The summed E-state index contributed by atoms with van der Waals surface area (Å²) >= 11 is 0. The zero-order valence-electron chi connectivity index (χ0n) is 17.5. The molecule has 6 nitrogen and oxygen atoms in total. The first-order valence-corrected chi connectivity index (χ1v) is 11.1. The molecular weight excluding hydrogens is 352 g/mol. The highest BCUT2D eigenvalue weighted by Crippen LogP contribution is 2.40. The minimum Gasteiger partial charge on any atom is -0.342 e. The van der Waals surface area contributed by atoms with Crippen molar-refractivity contribution >= 4 is 5.91 Å². The Bertz CT molecular complexity index is 766. The SMILES string of the molecule is CC(C)N1CCC[C@@H](c2cc(=O)[nH]c(C3CCN(C(=O)[C@@H]4C[C@@H]4C)CC3)n2)C1. The van der Waals surface area contributed by atoms with Gasteiger partial charge in [0.05, 0.1) is 5.69 Å². The molecular formula is C22H34N4O2. The summed E-state index contributed by atoms with van der Waals surface area (Å²) in [6, 6.07) is 2.23. The van der Waals surface area contributed by atoms with Gasteiger partial charge in [0.15, 0.2) is 0 Å². The molecule has 0 aromatic carbocycles. The van der Waals surface area contributed by atoms with Gasteiger partial charge in [0.25, 0.3) is 5.56 Å². The minimum atomic E-state index is -0.0352. The average Bonchev–Trinajstić information content (AvgIpc) is 3.43. The predicted octanol–water partition coefficient (Wildman–Crippen LogP) is 2.72. The zero-order chi connectivity index (χ0) is 19.8. The number of nitrogens with zero attached hydrogens (tertiary/aromatic N) is 3. The number of carbonyl (C=O) groups is 1. The Morgan fingerprint density at radius 3 is 2.54 bits per heavy atom. The van der Waals surface area contributed by atoms with Gasteiger partial charge >= 0.3 is 0 Å². The van der Waals surface area contributed by atoms with Gasteiger partial charge in [-0.05, 0) is 58.4 Å². The molecule has 1 N–H and O–H groups in total. The number of aromatic amines is 1. The van der Waals surface area contributed by atoms with Crippen LogP contribution >= 0.6 is 0 Å². The molecule has 3 heterocycles. The molecule has 3 atom stereocenters. The Morgan fingerprint density at radius 2 is 1.89 bits per heavy atom. The molecule has 154 valence electrons. The summed E-state index contributed by atoms with van der Waals surface area (Å²) in [4.78, 5) is 37.2. The Hall–Kier alpha value is -1.69. The molecule has 0 bridgehead atoms. The summed E-state index contributed by atoms with van der Waals surface area (Å²) in [5.74, 6) is 2.57. The quantitative estimate of drug-likeness (QED) is 0.864. The third-order valence-corrected chi connectivity index (χ3v) is 7.00. The van der Waals surface area contributed by atoms with Gasteiger partial charge in [-0.3, -0.25) is 9.59 Å². The molecule has 6 heteroatoms. The first-order valence-electron chi connectivity index (χ1n) is 11.1. The van der Waals surface area contributed by atoms with Crippen molar-refractivity contribution in [2.24, 2.45) is 11.8 Å². The van der Waals surface area contributed by atoms with Gasteiger partial charge in [0, 0.05) is 49.5 Å². The van der Waals surface area contributed by atoms with Crippen LogP contribution in [-0.2, 0) is 4.79 Å². The number of nitrogens with one attached hydrogen (secondary N) is 1. The molecule has 3 fully saturated rings. The Labute approximate surface area is 167 Å². The number of H-pyrrole nitrogens is 1. The first-order chi connectivity index (χ1) is 13.4. The number of hydrogen-bond acceptors (Lipinski definition) is 4. The third-order valence-electron chi connectivity index (χ3n) is 7.00. The summed E-state index contributed by atoms with van der Waals surface area (Å²) in [6.07, 6.45) is 5.09. The topological polar surface area (TPSA) is 69.3 Å². The fourth-order valence-electron chi connectivity index (χ4n) is 4.89. The van der Waals surface area contributed by atoms with Gasteiger partial charge in [-0.15, -0.1) is 0 Å². The molecule has 0 unspecified atom stereocenters. The molecule has 1 saturated carbocycles. The van der Waals surface area contributed by atoms with Crippen molar-refractivity contribution in [3.8, 4) is 0 Å². The van der Waals surface area contributed by atoms with Crippen LogP contribution < -0.4 is 5.56 Å². The van der Waals surface area contributed by atoms with E-state index in [4.69, 9.17) is 4.98 Å². The average molecular weight is 387 g/mol. The number of carbonyl (C=O) groups excluding carboxylic acids is 1. The van der Waals surface area contributed by atoms with E-state index in [0.717, 1.165) is 69.8 Å². The summed E-state index contributed by atoms with van der Waals surface area (Å²) < 4.78 is 0. The van der Waals surface area contributed by atoms with Crippen LogP contribution in [0.4, 0.5) is 0 Å². The third kappa shape index (κ3) is 4.17. The lowest BCUT2D eigenvalue weighted by atomic mass is 9.92. The molecule has 1 aromatic heterocycles. The molecule has 0 spiro atoms. The Balaban J connectivity index is 1.43. The number of aromatic nitrogens is 2. The van der Waals surface area contributed by atoms with Gasteiger partial charge < -0.3 is 14.8 Å². The summed E-state index contributed by atoms with van der Waals surface area (Å²) in [6.45, 7) is 10.3. The van der Waals surface area contributed by atoms with Crippen LogP contribution in [0.3, 0.4) is 0 Å². The molecule has 0 radical (unpaired) electrons. The van der Waals surface area contributed by atoms with Gasteiger partial charge in [0.2, 0.25) is 5.91 Å². The number of likely N-dealkylation sites (tertiary alicyclic amines) is 2. The maximum Gasteiger partial charge on any atom is 0.251 e. The van der Waals surface area contributed by atoms with E-state index in [1.165, 1.54) is 0 Å². The smallest absolute Gasteiger partial charge is 0.251 e. The first kappa shape index (κ1) is 19.6. The van der Waals surface area contributed by atoms with Crippen LogP contribution in [0.2, 0.25) is 0 Å². The second-order valence-corrected chi connectivity index (χ2v) is 9.40. The van der Waals surface area contributed by atoms with E-state index in [1.54, 1.807) is 6.07 Å². The van der Waals surface area contributed by atoms with E-state index in [9.17, 15) is 9.59 Å². The number of amides is 1. The van der Waals surface area contributed by atoms with Crippen LogP contribution in [0.1, 0.15) is 76.2 Å². The largest absolute Gasteiger partial charge is 0.342 e. The molecule has 1 amide bonds. The van der Waals surface area contributed by atoms with E-state index in [-0.39, 0.29) is 17.4 Å². The van der Waals surface area contributed by atoms with Gasteiger partial charge in [0.1, 0.15) is 5.82 Å². The molecule has 28 heavy (non-hydrogen) atoms. The maximum absolute atomic E-state index is 12.5. The van der Waals surface area contributed by atoms with Crippen molar-refractivity contribution in [2.75, 3.05) is 26.2 Å². The lowest BCUT2D eigenvalue weighted by Crippen LogP contribution is -2.40. The maximum atomic E-state index is 12.5. The van der Waals surface area contributed by atoms with Crippen molar-refractivity contribution in [3.05, 3.63) is 27.9 Å². The zero-order valence-corrected chi connectivity index (χ0v) is 17.5.